The van der Waals surface area contributed by atoms with Gasteiger partial charge in [0.25, 0.3) is 0 Å². The molecule has 0 saturated carbocycles. The van der Waals surface area contributed by atoms with Gasteiger partial charge in [-0.2, -0.15) is 0 Å². The van der Waals surface area contributed by atoms with Gasteiger partial charge in [0.15, 0.2) is 5.82 Å². The Labute approximate surface area is 603 Å². The van der Waals surface area contributed by atoms with Crippen molar-refractivity contribution in [3.05, 3.63) is 389 Å². The zero-order valence-corrected chi connectivity index (χ0v) is 56.6. The van der Waals surface area contributed by atoms with E-state index in [1.807, 2.05) is 18.2 Å². The van der Waals surface area contributed by atoms with E-state index in [2.05, 4.69) is 396 Å². The van der Waals surface area contributed by atoms with Crippen LogP contribution in [0, 0.1) is 0 Å². The fraction of sp³-hybridized carbons (Fsp3) is 0. The lowest BCUT2D eigenvalue weighted by atomic mass is 9.64. The molecular formula is C92H64B2N10. The third-order valence-electron chi connectivity index (χ3n) is 20.1. The molecule has 14 aromatic carbocycles. The summed E-state index contributed by atoms with van der Waals surface area (Å²) >= 11 is 0. The van der Waals surface area contributed by atoms with E-state index in [-0.39, 0.29) is 14.0 Å². The summed E-state index contributed by atoms with van der Waals surface area (Å²) in [5.74, 6) is 1.35. The predicted octanol–water partition coefficient (Wildman–Crippen LogP) is 21.2. The molecule has 0 unspecified atom stereocenters. The summed E-state index contributed by atoms with van der Waals surface area (Å²) in [5.41, 5.74) is 24.3. The van der Waals surface area contributed by atoms with Crippen molar-refractivity contribution in [3.63, 3.8) is 0 Å². The van der Waals surface area contributed by atoms with Crippen molar-refractivity contribution in [1.82, 2.24) is 29.1 Å². The molecule has 2 aliphatic rings. The van der Waals surface area contributed by atoms with Crippen molar-refractivity contribution >= 4 is 114 Å². The van der Waals surface area contributed by atoms with Crippen molar-refractivity contribution in [2.45, 2.75) is 0 Å². The number of para-hydroxylation sites is 7. The number of benzene rings is 14. The van der Waals surface area contributed by atoms with Gasteiger partial charge in [-0.1, -0.05) is 237 Å². The van der Waals surface area contributed by atoms with Crippen LogP contribution in [0.5, 0.6) is 0 Å². The maximum Gasteiger partial charge on any atom is 0.420 e. The molecule has 0 aliphatic carbocycles. The van der Waals surface area contributed by atoms with E-state index in [9.17, 15) is 0 Å². The maximum absolute atomic E-state index is 5.31. The van der Waals surface area contributed by atoms with Crippen LogP contribution in [0.25, 0.3) is 100 Å². The molecule has 0 saturated heterocycles. The summed E-state index contributed by atoms with van der Waals surface area (Å²) in [6.07, 6.45) is 3.59. The predicted molar refractivity (Wildman–Crippen MR) is 432 cm³/mol. The topological polar surface area (TPSA) is 74.4 Å². The molecule has 0 N–H and O–H groups in total. The molecule has 104 heavy (non-hydrogen) atoms. The molecule has 0 radical (unpaired) electrons. The molecule has 10 nitrogen and oxygen atoms in total. The van der Waals surface area contributed by atoms with Crippen LogP contribution >= 0.6 is 0 Å². The summed E-state index contributed by atoms with van der Waals surface area (Å²) in [4.78, 5) is 29.6. The van der Waals surface area contributed by atoms with Crippen LogP contribution in [0.15, 0.2) is 389 Å². The van der Waals surface area contributed by atoms with Gasteiger partial charge in [0, 0.05) is 79.1 Å². The number of nitrogens with zero attached hydrogens (tertiary/aromatic N) is 10. The highest BCUT2D eigenvalue weighted by molar-refractivity contribution is 6.85. The first-order chi connectivity index (χ1) is 51.6. The van der Waals surface area contributed by atoms with Crippen LogP contribution < -0.4 is 30.2 Å². The zero-order valence-electron chi connectivity index (χ0n) is 56.6. The second-order valence-electron chi connectivity index (χ2n) is 26.2. The minimum absolute atomic E-state index is 0.0748. The van der Waals surface area contributed by atoms with Crippen molar-refractivity contribution in [2.24, 2.45) is 0 Å². The lowest BCUT2D eigenvalue weighted by molar-refractivity contribution is 0.995. The van der Waals surface area contributed by atoms with Gasteiger partial charge in [-0.15, -0.1) is 0 Å². The summed E-state index contributed by atoms with van der Waals surface area (Å²) in [6.45, 7) is -0.194. The standard InChI is InChI=1S/C52H36BN5.C40H28BN5/c1-6-18-37(19-7-1)40-30-32-48-44(34-40)45-35-43(58-51-29-17-16-28-50(51)57(42-26-14-5-15-27-42)53(58)41-24-12-4-13-25-41)31-33-49(45)56(48)52-54-46(38-20-8-2-9-21-38)36-47(55-52)39-22-10-3-11-23-39;1-4-13-30(14-5-1)41-45(32-17-8-3-9-18-32)38-19-10-11-20-39(38)46(41)33-22-24-37-35(28-33)34-27-29(40-42-25-12-26-43-40)21-23-36(34)44(37)31-15-6-2-7-16-31/h1-36H;1-28H. The van der Waals surface area contributed by atoms with E-state index in [1.54, 1.807) is 12.4 Å². The molecular weight excluding hydrogens is 1270 g/mol. The first-order valence-corrected chi connectivity index (χ1v) is 35.2. The summed E-state index contributed by atoms with van der Waals surface area (Å²) in [6, 6.07) is 134. The largest absolute Gasteiger partial charge is 0.420 e. The Morgan fingerprint density at radius 3 is 0.981 bits per heavy atom. The monoisotopic (exact) mass is 1330 g/mol. The van der Waals surface area contributed by atoms with Gasteiger partial charge in [-0.05, 0) is 162 Å². The van der Waals surface area contributed by atoms with Gasteiger partial charge < -0.3 is 23.8 Å². The normalized spacial score (nSPS) is 12.5. The minimum atomic E-state index is -0.119. The van der Waals surface area contributed by atoms with Gasteiger partial charge in [0.2, 0.25) is 5.95 Å². The highest BCUT2D eigenvalue weighted by Crippen LogP contribution is 2.50. The Kier molecular flexibility index (Phi) is 15.5. The van der Waals surface area contributed by atoms with E-state index < -0.39 is 0 Å². The quantitative estimate of drug-likeness (QED) is 0.112. The van der Waals surface area contributed by atoms with Gasteiger partial charge in [0.05, 0.1) is 56.2 Å². The van der Waals surface area contributed by atoms with Crippen LogP contribution in [0.4, 0.5) is 45.5 Å². The number of anilines is 8. The Morgan fingerprint density at radius 2 is 0.548 bits per heavy atom. The summed E-state index contributed by atoms with van der Waals surface area (Å²) < 4.78 is 4.60. The number of hydrogen-bond acceptors (Lipinski definition) is 8. The molecule has 20 rings (SSSR count). The highest BCUT2D eigenvalue weighted by atomic mass is 15.3. The van der Waals surface area contributed by atoms with E-state index in [0.29, 0.717) is 5.95 Å². The van der Waals surface area contributed by atoms with Gasteiger partial charge in [0.1, 0.15) is 0 Å². The van der Waals surface area contributed by atoms with Crippen molar-refractivity contribution in [3.8, 4) is 56.7 Å². The number of aromatic nitrogens is 6. The molecule has 0 bridgehead atoms. The van der Waals surface area contributed by atoms with Crippen LogP contribution in [0.1, 0.15) is 0 Å². The molecule has 0 atom stereocenters. The maximum atomic E-state index is 5.31. The molecule has 0 fully saturated rings. The highest BCUT2D eigenvalue weighted by Gasteiger charge is 2.45. The summed E-state index contributed by atoms with van der Waals surface area (Å²) in [7, 11) is 0. The molecule has 4 aromatic heterocycles. The Bertz CT molecular complexity index is 6080. The molecule has 12 heteroatoms. The Balaban J connectivity index is 0.000000147. The van der Waals surface area contributed by atoms with Crippen LogP contribution in [0.3, 0.4) is 0 Å². The number of hydrogen-bond donors (Lipinski definition) is 0. The number of fused-ring (bicyclic) bond motifs is 8. The van der Waals surface area contributed by atoms with Crippen molar-refractivity contribution in [2.75, 3.05) is 19.2 Å². The molecule has 0 amide bonds. The number of rotatable bonds is 12. The second kappa shape index (κ2) is 26.4. The van der Waals surface area contributed by atoms with Gasteiger partial charge >= 0.3 is 14.0 Å². The third-order valence-corrected chi connectivity index (χ3v) is 20.1. The SMILES string of the molecule is c1ccc(B2N(c3ccccc3)c3ccccc3N2c2ccc3c(c2)c2cc(-c4ccccc4)ccc2n3-c2nc(-c3ccccc3)cc(-c3ccccc3)n2)cc1.c1ccc(B2N(c3ccccc3)c3ccccc3N2c2ccc3c(c2)c2cc(-c4ncccn4)ccc2n3-c2ccccc2)cc1. The molecule has 6 heterocycles. The fourth-order valence-corrected chi connectivity index (χ4v) is 15.5. The van der Waals surface area contributed by atoms with E-state index >= 15 is 0 Å². The zero-order chi connectivity index (χ0) is 68.9. The van der Waals surface area contributed by atoms with Gasteiger partial charge in [-0.3, -0.25) is 4.57 Å². The average molecular weight is 1330 g/mol. The van der Waals surface area contributed by atoms with Crippen molar-refractivity contribution < 1.29 is 0 Å². The lowest BCUT2D eigenvalue weighted by Gasteiger charge is -2.30. The Hall–Kier alpha value is -13.8. The van der Waals surface area contributed by atoms with Crippen molar-refractivity contribution in [1.29, 1.82) is 0 Å². The minimum Gasteiger partial charge on any atom is -0.360 e. The van der Waals surface area contributed by atoms with E-state index in [0.717, 1.165) is 118 Å². The Morgan fingerprint density at radius 1 is 0.221 bits per heavy atom. The molecule has 0 spiro atoms. The molecule has 18 aromatic rings. The fourth-order valence-electron chi connectivity index (χ4n) is 15.5. The van der Waals surface area contributed by atoms with Gasteiger partial charge in [-0.25, -0.2) is 19.9 Å². The average Bonchev–Trinajstić information content (AvgIpc) is 1.57. The second-order valence-corrected chi connectivity index (χ2v) is 26.2. The first kappa shape index (κ1) is 61.3. The lowest BCUT2D eigenvalue weighted by Crippen LogP contribution is -2.53. The summed E-state index contributed by atoms with van der Waals surface area (Å²) in [5, 5.41) is 4.60. The molecule has 488 valence electrons. The van der Waals surface area contributed by atoms with Crippen LogP contribution in [0.2, 0.25) is 0 Å². The van der Waals surface area contributed by atoms with E-state index in [1.165, 1.54) is 33.3 Å². The van der Waals surface area contributed by atoms with Crippen LogP contribution in [-0.4, -0.2) is 43.0 Å². The van der Waals surface area contributed by atoms with Crippen LogP contribution in [-0.2, 0) is 0 Å². The first-order valence-electron chi connectivity index (χ1n) is 35.2. The smallest absolute Gasteiger partial charge is 0.360 e. The van der Waals surface area contributed by atoms with E-state index in [4.69, 9.17) is 9.97 Å². The molecule has 2 aliphatic heterocycles. The third kappa shape index (κ3) is 10.9.